The highest BCUT2D eigenvalue weighted by atomic mass is 28.3. The molecule has 0 spiro atoms. The first kappa shape index (κ1) is 25.1. The van der Waals surface area contributed by atoms with Crippen LogP contribution in [0.15, 0.2) is 41.3 Å². The summed E-state index contributed by atoms with van der Waals surface area (Å²) in [7, 11) is -1.25. The second-order valence-electron chi connectivity index (χ2n) is 9.24. The van der Waals surface area contributed by atoms with Crippen LogP contribution in [-0.2, 0) is 22.8 Å². The number of ether oxygens (including phenoxy) is 3. The first-order valence-electron chi connectivity index (χ1n) is 11.1. The molecule has 180 valence electrons. The average Bonchev–Trinajstić information content (AvgIpc) is 2.81. The van der Waals surface area contributed by atoms with Crippen LogP contribution in [0, 0.1) is 0 Å². The zero-order valence-electron chi connectivity index (χ0n) is 19.5. The Balaban J connectivity index is 1.84. The number of nitrogens with zero attached hydrogens (tertiary/aromatic N) is 3. The summed E-state index contributed by atoms with van der Waals surface area (Å²) >= 11 is 0. The summed E-state index contributed by atoms with van der Waals surface area (Å²) < 4.78 is 18.3. The van der Waals surface area contributed by atoms with Crippen LogP contribution in [0.4, 0.5) is 0 Å². The van der Waals surface area contributed by atoms with Crippen molar-refractivity contribution in [2.24, 2.45) is 0 Å². The molecule has 0 radical (unpaired) electrons. The van der Waals surface area contributed by atoms with Crippen LogP contribution in [-0.4, -0.2) is 72.8 Å². The Labute approximate surface area is 194 Å². The molecule has 1 aliphatic heterocycles. The fraction of sp³-hybridized carbons (Fsp3) is 0.522. The van der Waals surface area contributed by atoms with Crippen LogP contribution >= 0.6 is 0 Å². The minimum atomic E-state index is -1.25. The number of benzene rings is 1. The van der Waals surface area contributed by atoms with Gasteiger partial charge in [-0.15, -0.1) is 0 Å². The largest absolute Gasteiger partial charge is 0.483 e. The summed E-state index contributed by atoms with van der Waals surface area (Å²) in [6.45, 7) is 8.20. The molecular formula is C23H33N3O6Si. The van der Waals surface area contributed by atoms with Crippen molar-refractivity contribution in [2.45, 2.75) is 45.1 Å². The van der Waals surface area contributed by atoms with Crippen molar-refractivity contribution < 1.29 is 24.1 Å². The van der Waals surface area contributed by atoms with E-state index in [2.05, 4.69) is 24.7 Å². The van der Waals surface area contributed by atoms with Crippen molar-refractivity contribution in [1.29, 1.82) is 0 Å². The third kappa shape index (κ3) is 7.23. The predicted octanol–water partition coefficient (Wildman–Crippen LogP) is 1.97. The predicted molar refractivity (Wildman–Crippen MR) is 126 cm³/mol. The second kappa shape index (κ2) is 11.6. The van der Waals surface area contributed by atoms with Crippen molar-refractivity contribution in [1.82, 2.24) is 14.7 Å². The SMILES string of the molecule is C[Si](C)(C)CCOCn1cc(OCc2ccccc2)c(=O)c(C(=O)N2CCOC[C@@H]2CO)n1. The molecule has 0 aliphatic carbocycles. The Kier molecular flexibility index (Phi) is 8.78. The molecule has 10 heteroatoms. The Hall–Kier alpha value is -2.53. The number of rotatable bonds is 10. The van der Waals surface area contributed by atoms with Gasteiger partial charge in [0.1, 0.15) is 13.3 Å². The molecule has 9 nitrogen and oxygen atoms in total. The number of aliphatic hydroxyl groups excluding tert-OH is 1. The van der Waals surface area contributed by atoms with Gasteiger partial charge in [0.15, 0.2) is 11.4 Å². The van der Waals surface area contributed by atoms with Gasteiger partial charge in [0, 0.05) is 21.2 Å². The molecule has 0 saturated carbocycles. The number of amides is 1. The Morgan fingerprint density at radius 3 is 2.73 bits per heavy atom. The van der Waals surface area contributed by atoms with Crippen LogP contribution in [0.5, 0.6) is 5.75 Å². The third-order valence-corrected chi connectivity index (χ3v) is 7.00. The van der Waals surface area contributed by atoms with E-state index >= 15 is 0 Å². The van der Waals surface area contributed by atoms with Crippen molar-refractivity contribution in [3.05, 3.63) is 58.0 Å². The number of carbonyl (C=O) groups is 1. The summed E-state index contributed by atoms with van der Waals surface area (Å²) in [6, 6.07) is 9.93. The number of morpholine rings is 1. The maximum absolute atomic E-state index is 13.2. The molecular weight excluding hydrogens is 442 g/mol. The van der Waals surface area contributed by atoms with Crippen LogP contribution in [0.2, 0.25) is 25.7 Å². The van der Waals surface area contributed by atoms with E-state index in [1.807, 2.05) is 30.3 Å². The lowest BCUT2D eigenvalue weighted by Crippen LogP contribution is -2.51. The highest BCUT2D eigenvalue weighted by Gasteiger charge is 2.31. The second-order valence-corrected chi connectivity index (χ2v) is 14.9. The zero-order chi connectivity index (χ0) is 23.8. The van der Waals surface area contributed by atoms with Crippen LogP contribution in [0.1, 0.15) is 16.1 Å². The van der Waals surface area contributed by atoms with Crippen molar-refractivity contribution in [2.75, 3.05) is 33.0 Å². The molecule has 2 heterocycles. The summed E-state index contributed by atoms with van der Waals surface area (Å²) in [6.07, 6.45) is 1.47. The fourth-order valence-electron chi connectivity index (χ4n) is 3.30. The first-order chi connectivity index (χ1) is 15.8. The number of aliphatic hydroxyl groups is 1. The number of hydrogen-bond donors (Lipinski definition) is 1. The van der Waals surface area contributed by atoms with E-state index in [4.69, 9.17) is 14.2 Å². The highest BCUT2D eigenvalue weighted by molar-refractivity contribution is 6.76. The number of hydrogen-bond acceptors (Lipinski definition) is 7. The maximum atomic E-state index is 13.2. The molecule has 0 bridgehead atoms. The first-order valence-corrected chi connectivity index (χ1v) is 14.8. The molecule has 3 rings (SSSR count). The zero-order valence-corrected chi connectivity index (χ0v) is 20.5. The maximum Gasteiger partial charge on any atom is 0.279 e. The average molecular weight is 476 g/mol. The summed E-state index contributed by atoms with van der Waals surface area (Å²) in [5, 5.41) is 13.9. The minimum absolute atomic E-state index is 0.0276. The van der Waals surface area contributed by atoms with Crippen LogP contribution < -0.4 is 10.2 Å². The van der Waals surface area contributed by atoms with Gasteiger partial charge < -0.3 is 24.2 Å². The van der Waals surface area contributed by atoms with Crippen molar-refractivity contribution >= 4 is 14.0 Å². The summed E-state index contributed by atoms with van der Waals surface area (Å²) in [4.78, 5) is 27.8. The van der Waals surface area contributed by atoms with Crippen LogP contribution in [0.3, 0.4) is 0 Å². The Bertz CT molecular complexity index is 976. The molecule has 1 aromatic carbocycles. The fourth-order valence-corrected chi connectivity index (χ4v) is 4.06. The standard InChI is InChI=1S/C23H33N3O6Si/c1-33(2,3)12-11-31-17-25-13-20(32-15-18-7-5-4-6-8-18)22(28)21(24-25)23(29)26-9-10-30-16-19(26)14-27/h4-8,13,19,27H,9-12,14-17H2,1-3H3/t19-/m0/s1. The molecule has 1 fully saturated rings. The number of aromatic nitrogens is 2. The lowest BCUT2D eigenvalue weighted by atomic mass is 10.2. The normalized spacial score (nSPS) is 16.6. The van der Waals surface area contributed by atoms with Gasteiger partial charge in [-0.2, -0.15) is 5.10 Å². The molecule has 1 saturated heterocycles. The van der Waals surface area contributed by atoms with Gasteiger partial charge in [-0.1, -0.05) is 50.0 Å². The number of carbonyl (C=O) groups excluding carboxylic acids is 1. The summed E-state index contributed by atoms with van der Waals surface area (Å²) in [5.74, 6) is -0.525. The molecule has 1 atom stereocenters. The van der Waals surface area contributed by atoms with E-state index in [1.54, 1.807) is 0 Å². The van der Waals surface area contributed by atoms with Gasteiger partial charge in [0.05, 0.1) is 32.1 Å². The van der Waals surface area contributed by atoms with Crippen molar-refractivity contribution in [3.63, 3.8) is 0 Å². The minimum Gasteiger partial charge on any atom is -0.483 e. The van der Waals surface area contributed by atoms with Gasteiger partial charge in [0.2, 0.25) is 0 Å². The van der Waals surface area contributed by atoms with E-state index in [0.29, 0.717) is 13.2 Å². The van der Waals surface area contributed by atoms with Gasteiger partial charge in [-0.05, 0) is 11.6 Å². The topological polar surface area (TPSA) is 103 Å². The van der Waals surface area contributed by atoms with E-state index in [9.17, 15) is 14.7 Å². The Morgan fingerprint density at radius 1 is 1.27 bits per heavy atom. The Morgan fingerprint density at radius 2 is 2.03 bits per heavy atom. The molecule has 0 unspecified atom stereocenters. The highest BCUT2D eigenvalue weighted by Crippen LogP contribution is 2.14. The monoisotopic (exact) mass is 475 g/mol. The van der Waals surface area contributed by atoms with E-state index < -0.39 is 25.5 Å². The third-order valence-electron chi connectivity index (χ3n) is 5.29. The molecule has 1 N–H and O–H groups in total. The van der Waals surface area contributed by atoms with Crippen molar-refractivity contribution in [3.8, 4) is 5.75 Å². The van der Waals surface area contributed by atoms with E-state index in [-0.39, 0.29) is 44.5 Å². The summed E-state index contributed by atoms with van der Waals surface area (Å²) in [5.41, 5.74) is 0.0558. The van der Waals surface area contributed by atoms with E-state index in [1.165, 1.54) is 15.8 Å². The molecule has 1 aliphatic rings. The molecule has 2 aromatic rings. The van der Waals surface area contributed by atoms with Gasteiger partial charge in [-0.3, -0.25) is 9.59 Å². The van der Waals surface area contributed by atoms with E-state index in [0.717, 1.165) is 11.6 Å². The van der Waals surface area contributed by atoms with Gasteiger partial charge in [0.25, 0.3) is 11.3 Å². The molecule has 1 aromatic heterocycles. The van der Waals surface area contributed by atoms with Crippen LogP contribution in [0.25, 0.3) is 0 Å². The molecule has 33 heavy (non-hydrogen) atoms. The smallest absolute Gasteiger partial charge is 0.279 e. The lowest BCUT2D eigenvalue weighted by molar-refractivity contribution is -0.0189. The van der Waals surface area contributed by atoms with Gasteiger partial charge in [-0.25, -0.2) is 4.68 Å². The quantitative estimate of drug-likeness (QED) is 0.414. The lowest BCUT2D eigenvalue weighted by Gasteiger charge is -2.34. The van der Waals surface area contributed by atoms with Gasteiger partial charge >= 0.3 is 0 Å². The molecule has 1 amide bonds.